The number of hydrogen-bond acceptors (Lipinski definition) is 10. The van der Waals surface area contributed by atoms with E-state index >= 15 is 0 Å². The van der Waals surface area contributed by atoms with E-state index in [1.807, 2.05) is 18.3 Å². The Morgan fingerprint density at radius 2 is 1.52 bits per heavy atom. The standard InChI is InChI=1S/C47H55N7O6.C2HF3O2/c1-28-5-9-37-39(53(28)44(57)29-6-7-29)12-11-35(42(37)60-34-3-2-4-34)30-26-48-52(27-30)31-15-19-50(20-16-31)33-24-47(25-33)17-21-51(22-18-47)32-8-10-36-38(23-32)46(59)54(45(36)58)40-13-14-41(55)49-43(40)56;3-2(4,5)1(6)7/h8,10-12,23,26-29,31,33-34,40H,2-7,9,13-22,24-25H2,1H3,(H,49,55,56);(H,6,7)/t28-,40?;/m0./s1. The van der Waals surface area contributed by atoms with Crippen molar-refractivity contribution in [1.29, 1.82) is 0 Å². The van der Waals surface area contributed by atoms with E-state index in [0.29, 0.717) is 28.6 Å². The molecule has 1 unspecified atom stereocenters. The van der Waals surface area contributed by atoms with Crippen molar-refractivity contribution in [3.8, 4) is 16.9 Å². The second-order valence-corrected chi connectivity index (χ2v) is 20.0. The summed E-state index contributed by atoms with van der Waals surface area (Å²) >= 11 is 0. The lowest BCUT2D eigenvalue weighted by Gasteiger charge is -2.56. The van der Waals surface area contributed by atoms with Gasteiger partial charge in [-0.25, -0.2) is 4.79 Å². The van der Waals surface area contributed by atoms with Gasteiger partial charge in [-0.2, -0.15) is 18.3 Å². The predicted octanol–water partition coefficient (Wildman–Crippen LogP) is 6.68. The minimum atomic E-state index is -5.08. The number of carboxylic acids is 1. The molecule has 15 nitrogen and oxygen atoms in total. The molecule has 3 saturated heterocycles. The first-order chi connectivity index (χ1) is 32.1. The van der Waals surface area contributed by atoms with Crippen LogP contribution in [0.5, 0.6) is 5.75 Å². The van der Waals surface area contributed by atoms with Crippen molar-refractivity contribution in [2.45, 2.75) is 140 Å². The maximum atomic E-state index is 13.4. The van der Waals surface area contributed by atoms with Crippen molar-refractivity contribution < 1.29 is 51.8 Å². The summed E-state index contributed by atoms with van der Waals surface area (Å²) in [6.45, 7) is 6.14. The zero-order chi connectivity index (χ0) is 46.9. The summed E-state index contributed by atoms with van der Waals surface area (Å²) in [5, 5.41) is 14.3. The molecule has 2 atom stereocenters. The summed E-state index contributed by atoms with van der Waals surface area (Å²) in [5.74, 6) is -3.22. The van der Waals surface area contributed by atoms with Crippen molar-refractivity contribution in [3.05, 3.63) is 59.4 Å². The summed E-state index contributed by atoms with van der Waals surface area (Å²) in [4.78, 5) is 81.3. The Morgan fingerprint density at radius 3 is 2.16 bits per heavy atom. The van der Waals surface area contributed by atoms with Gasteiger partial charge >= 0.3 is 12.1 Å². The number of carbonyl (C=O) groups is 6. The van der Waals surface area contributed by atoms with Gasteiger partial charge in [0, 0.05) is 79.2 Å². The Morgan fingerprint density at radius 1 is 0.836 bits per heavy atom. The van der Waals surface area contributed by atoms with Gasteiger partial charge in [0.2, 0.25) is 17.7 Å². The fourth-order valence-electron chi connectivity index (χ4n) is 11.4. The third-order valence-electron chi connectivity index (χ3n) is 15.7. The van der Waals surface area contributed by atoms with Gasteiger partial charge in [0.25, 0.3) is 11.8 Å². The third-order valence-corrected chi connectivity index (χ3v) is 15.7. The zero-order valence-corrected chi connectivity index (χ0v) is 37.6. The second kappa shape index (κ2) is 17.4. The van der Waals surface area contributed by atoms with Crippen LogP contribution in [-0.4, -0.2) is 117 Å². The van der Waals surface area contributed by atoms with Gasteiger partial charge in [0.15, 0.2) is 0 Å². The number of likely N-dealkylation sites (tertiary alicyclic amines) is 1. The summed E-state index contributed by atoms with van der Waals surface area (Å²) in [7, 11) is 0. The molecule has 3 aliphatic carbocycles. The maximum Gasteiger partial charge on any atom is 0.490 e. The van der Waals surface area contributed by atoms with Gasteiger partial charge < -0.3 is 24.5 Å². The highest BCUT2D eigenvalue weighted by molar-refractivity contribution is 6.23. The number of fused-ring (bicyclic) bond motifs is 2. The number of aromatic nitrogens is 2. The Bertz CT molecular complexity index is 2490. The monoisotopic (exact) mass is 927 g/mol. The SMILES string of the molecule is C[C@H]1CCc2c(ccc(-c3cnn(C4CCN(C5CC6(CCN(c7ccc8c(c7)C(=O)N(C7CCC(=O)NC7=O)C8=O)CC6)C5)CC4)c3)c2OC2CCC2)N1C(=O)C1CC1.O=C(O)C(F)(F)F. The molecule has 0 bridgehead atoms. The van der Waals surface area contributed by atoms with Crippen LogP contribution in [0.1, 0.15) is 129 Å². The molecule has 67 heavy (non-hydrogen) atoms. The molecular formula is C49H56F3N7O8. The van der Waals surface area contributed by atoms with Crippen LogP contribution in [0.2, 0.25) is 0 Å². The van der Waals surface area contributed by atoms with E-state index in [0.717, 1.165) is 124 Å². The normalized spacial score (nSPS) is 24.6. The Hall–Kier alpha value is -5.78. The zero-order valence-electron chi connectivity index (χ0n) is 37.6. The number of halogens is 3. The number of carbonyl (C=O) groups excluding carboxylic acids is 5. The highest BCUT2D eigenvalue weighted by atomic mass is 19.4. The van der Waals surface area contributed by atoms with Gasteiger partial charge in [-0.3, -0.25) is 38.9 Å². The Kier molecular flexibility index (Phi) is 11.7. The number of rotatable bonds is 8. The summed E-state index contributed by atoms with van der Waals surface area (Å²) < 4.78 is 40.7. The minimum Gasteiger partial charge on any atom is -0.489 e. The number of carboxylic acid groups (broad SMARTS) is 1. The predicted molar refractivity (Wildman–Crippen MR) is 237 cm³/mol. The highest BCUT2D eigenvalue weighted by Gasteiger charge is 2.49. The molecule has 2 aromatic carbocycles. The van der Waals surface area contributed by atoms with E-state index in [9.17, 15) is 37.1 Å². The number of piperidine rings is 3. The summed E-state index contributed by atoms with van der Waals surface area (Å²) in [6.07, 6.45) is 13.7. The molecule has 5 amide bonds. The topological polar surface area (TPSA) is 175 Å². The number of ether oxygens (including phenoxy) is 1. The molecule has 1 spiro atoms. The lowest BCUT2D eigenvalue weighted by atomic mass is 9.59. The third kappa shape index (κ3) is 8.58. The first-order valence-corrected chi connectivity index (χ1v) is 23.9. The first-order valence-electron chi connectivity index (χ1n) is 23.9. The molecule has 2 N–H and O–H groups in total. The first kappa shape index (κ1) is 45.0. The van der Waals surface area contributed by atoms with E-state index < -0.39 is 35.9 Å². The average molecular weight is 928 g/mol. The van der Waals surface area contributed by atoms with Gasteiger partial charge in [-0.05, 0) is 133 Å². The van der Waals surface area contributed by atoms with Crippen LogP contribution in [0.25, 0.3) is 11.1 Å². The maximum absolute atomic E-state index is 13.4. The lowest BCUT2D eigenvalue weighted by molar-refractivity contribution is -0.192. The Balaban J connectivity index is 0.000000698. The highest BCUT2D eigenvalue weighted by Crippen LogP contribution is 2.52. The van der Waals surface area contributed by atoms with Crippen LogP contribution < -0.4 is 19.9 Å². The summed E-state index contributed by atoms with van der Waals surface area (Å²) in [6, 6.07) is 10.0. The molecule has 1 aromatic heterocycles. The fraction of sp³-hybridized carbons (Fsp3) is 0.571. The molecule has 18 heteroatoms. The van der Waals surface area contributed by atoms with E-state index in [4.69, 9.17) is 19.7 Å². The number of alkyl halides is 3. The van der Waals surface area contributed by atoms with Gasteiger partial charge in [0.1, 0.15) is 11.8 Å². The van der Waals surface area contributed by atoms with E-state index in [2.05, 4.69) is 50.0 Å². The molecule has 8 aliphatic rings. The van der Waals surface area contributed by atoms with Gasteiger partial charge in [-0.1, -0.05) is 0 Å². The number of aliphatic carboxylic acids is 1. The van der Waals surface area contributed by atoms with Crippen molar-refractivity contribution in [1.82, 2.24) is 24.9 Å². The van der Waals surface area contributed by atoms with Crippen LogP contribution >= 0.6 is 0 Å². The molecule has 6 heterocycles. The number of nitrogens with one attached hydrogen (secondary N) is 1. The van der Waals surface area contributed by atoms with Crippen LogP contribution in [0, 0.1) is 11.3 Å². The quantitative estimate of drug-likeness (QED) is 0.231. The second-order valence-electron chi connectivity index (χ2n) is 20.0. The Labute approximate surface area is 385 Å². The smallest absolute Gasteiger partial charge is 0.489 e. The van der Waals surface area contributed by atoms with Crippen LogP contribution in [0.3, 0.4) is 0 Å². The van der Waals surface area contributed by atoms with Crippen molar-refractivity contribution >= 4 is 46.9 Å². The number of hydrogen-bond donors (Lipinski definition) is 2. The molecule has 3 aromatic rings. The van der Waals surface area contributed by atoms with Crippen molar-refractivity contribution in [3.63, 3.8) is 0 Å². The van der Waals surface area contributed by atoms with E-state index in [1.54, 1.807) is 6.07 Å². The van der Waals surface area contributed by atoms with Crippen LogP contribution in [0.15, 0.2) is 42.7 Å². The number of amides is 5. The average Bonchev–Trinajstić information content (AvgIpc) is 3.97. The van der Waals surface area contributed by atoms with Crippen LogP contribution in [-0.2, 0) is 25.6 Å². The fourth-order valence-corrected chi connectivity index (χ4v) is 11.4. The number of anilines is 2. The van der Waals surface area contributed by atoms with Gasteiger partial charge in [0.05, 0.1) is 35.2 Å². The van der Waals surface area contributed by atoms with E-state index in [1.165, 1.54) is 24.8 Å². The molecule has 0 radical (unpaired) electrons. The number of nitrogens with zero attached hydrogens (tertiary/aromatic N) is 6. The van der Waals surface area contributed by atoms with Gasteiger partial charge in [-0.15, -0.1) is 0 Å². The number of benzene rings is 2. The van der Waals surface area contributed by atoms with E-state index in [-0.39, 0.29) is 42.7 Å². The molecule has 356 valence electrons. The molecule has 5 aliphatic heterocycles. The lowest BCUT2D eigenvalue weighted by Crippen LogP contribution is -2.56. The molecule has 6 fully saturated rings. The molecular weight excluding hydrogens is 872 g/mol. The number of imide groups is 2. The summed E-state index contributed by atoms with van der Waals surface area (Å²) in [5.41, 5.74) is 6.38. The largest absolute Gasteiger partial charge is 0.490 e. The minimum absolute atomic E-state index is 0.106. The molecule has 3 saturated carbocycles. The van der Waals surface area contributed by atoms with Crippen molar-refractivity contribution in [2.75, 3.05) is 36.0 Å². The van der Waals surface area contributed by atoms with Crippen molar-refractivity contribution in [2.24, 2.45) is 11.3 Å². The van der Waals surface area contributed by atoms with Crippen LogP contribution in [0.4, 0.5) is 24.5 Å². The molecule has 11 rings (SSSR count).